The van der Waals surface area contributed by atoms with E-state index in [9.17, 15) is 172 Å². The second-order valence-electron chi connectivity index (χ2n) is 28.9. The minimum Gasteiger partial charge on any atom is -0.504 e. The van der Waals surface area contributed by atoms with Crippen LogP contribution < -0.4 is 9.47 Å². The molecule has 15 rings (SSSR count). The Labute approximate surface area is 735 Å². The zero-order valence-corrected chi connectivity index (χ0v) is 65.6. The summed E-state index contributed by atoms with van der Waals surface area (Å²) in [5.41, 5.74) is -17.4. The van der Waals surface area contributed by atoms with E-state index in [-0.39, 0.29) is 24.3 Å². The molecule has 28 N–H and O–H groups in total. The smallest absolute Gasteiger partial charge is 0.342 e. The normalized spacial score (nSPS) is 19.6. The Bertz CT molecular complexity index is 6760. The second kappa shape index (κ2) is 33.2. The van der Waals surface area contributed by atoms with Gasteiger partial charge >= 0.3 is 59.7 Å². The van der Waals surface area contributed by atoms with E-state index in [0.29, 0.717) is 60.7 Å². The summed E-state index contributed by atoms with van der Waals surface area (Å²) < 4.78 is 80.5. The number of hydrogen-bond acceptors (Lipinski definition) is 52. The average Bonchev–Trinajstić information content (AvgIpc) is 1.28. The second-order valence-corrected chi connectivity index (χ2v) is 28.9. The predicted molar refractivity (Wildman–Crippen MR) is 413 cm³/mol. The minimum atomic E-state index is -3.14. The van der Waals surface area contributed by atoms with Crippen LogP contribution in [0.1, 0.15) is 104 Å². The first-order valence-corrected chi connectivity index (χ1v) is 37.1. The van der Waals surface area contributed by atoms with Crippen molar-refractivity contribution >= 4 is 59.7 Å². The Morgan fingerprint density at radius 2 is 0.634 bits per heavy atom. The standard InChI is InChI=1S/C82H56O52/c83-27-1-17(2-28(84)47(27)95)71(111)129-67-65-41(15-121-75(115)21-9-34(90)51(99)57(105)43(21)45-23(77(117)127-65)11-36(92)53(101)59(45)107)125-81(133-73(113)19-5-31(87)49(97)32(88)6-19)69(67)131-79(119)25-13-38(94)55(103)61(109)63(25)124-40-14-26-64(62(110)56(40)104)123-39-8-20(7-33(89)50(39)98)74(114)134-82-70(132-80(26)120)68(130-72(112)18-3-29(85)48(96)30(86)4-18)66-42(126-82)16-122-76(116)22-10-35(91)52(100)58(106)44(22)46-24(78(118)128-66)12-37(93)54(102)60(46)108/h1-14,41-42,65-70,81-110H,15-16H2/t41-,42-,65-,66-,67+,68+,69-,70-,81+,82+/m1/s1. The zero-order chi connectivity index (χ0) is 97.3. The third kappa shape index (κ3) is 15.4. The molecule has 5 aliphatic rings. The number of ether oxygens (including phenoxy) is 14. The van der Waals surface area contributed by atoms with Crippen molar-refractivity contribution in [3.63, 3.8) is 0 Å². The van der Waals surface area contributed by atoms with Crippen molar-refractivity contribution in [1.82, 2.24) is 0 Å². The minimum absolute atomic E-state index is 0.0526. The fourth-order valence-corrected chi connectivity index (χ4v) is 14.2. The van der Waals surface area contributed by atoms with E-state index in [1.807, 2.05) is 0 Å². The van der Waals surface area contributed by atoms with Gasteiger partial charge in [-0.05, 0) is 72.8 Å². The Balaban J connectivity index is 0.883. The first kappa shape index (κ1) is 89.6. The Hall–Kier alpha value is -19.2. The van der Waals surface area contributed by atoms with Gasteiger partial charge in [0.25, 0.3) is 0 Å². The lowest BCUT2D eigenvalue weighted by molar-refractivity contribution is -0.283. The molecule has 0 spiro atoms. The van der Waals surface area contributed by atoms with E-state index in [2.05, 4.69) is 0 Å². The Kier molecular flexibility index (Phi) is 22.2. The van der Waals surface area contributed by atoms with E-state index in [1.54, 1.807) is 0 Å². The molecule has 52 heteroatoms. The van der Waals surface area contributed by atoms with Gasteiger partial charge in [0.1, 0.15) is 36.5 Å². The third-order valence-corrected chi connectivity index (χ3v) is 20.7. The first-order valence-electron chi connectivity index (χ1n) is 37.1. The van der Waals surface area contributed by atoms with Gasteiger partial charge in [-0.1, -0.05) is 0 Å². The van der Waals surface area contributed by atoms with E-state index in [4.69, 9.17) is 66.3 Å². The van der Waals surface area contributed by atoms with Gasteiger partial charge in [0.2, 0.25) is 76.5 Å². The highest BCUT2D eigenvalue weighted by molar-refractivity contribution is 6.11. The highest BCUT2D eigenvalue weighted by Crippen LogP contribution is 2.59. The van der Waals surface area contributed by atoms with Gasteiger partial charge in [-0.15, -0.1) is 0 Å². The molecule has 5 aliphatic heterocycles. The zero-order valence-electron chi connectivity index (χ0n) is 65.6. The number of hydrogen-bond donors (Lipinski definition) is 28. The molecule has 0 saturated carbocycles. The molecule has 52 nitrogen and oxygen atoms in total. The van der Waals surface area contributed by atoms with Crippen molar-refractivity contribution in [3.05, 3.63) is 141 Å². The van der Waals surface area contributed by atoms with Gasteiger partial charge < -0.3 is 209 Å². The van der Waals surface area contributed by atoms with E-state index in [1.165, 1.54) is 0 Å². The number of phenols is 28. The number of phenolic OH excluding ortho intramolecular Hbond substituents is 28. The molecule has 10 aromatic rings. The van der Waals surface area contributed by atoms with Crippen molar-refractivity contribution < 1.29 is 257 Å². The first-order chi connectivity index (χ1) is 63.1. The number of benzene rings is 10. The quantitative estimate of drug-likeness (QED) is 0.0520. The topological polar surface area (TPSA) is 866 Å². The predicted octanol–water partition coefficient (Wildman–Crippen LogP) is 4.13. The summed E-state index contributed by atoms with van der Waals surface area (Å²) in [5, 5.41) is 308. The van der Waals surface area contributed by atoms with Gasteiger partial charge in [-0.3, -0.25) is 0 Å². The van der Waals surface area contributed by atoms with Crippen LogP contribution in [-0.4, -0.2) is 277 Å². The van der Waals surface area contributed by atoms with Crippen molar-refractivity contribution in [2.24, 2.45) is 0 Å². The highest BCUT2D eigenvalue weighted by atomic mass is 16.8. The lowest BCUT2D eigenvalue weighted by Gasteiger charge is -2.44. The van der Waals surface area contributed by atoms with Crippen LogP contribution in [0, 0.1) is 0 Å². The lowest BCUT2D eigenvalue weighted by atomic mass is 9.92. The van der Waals surface area contributed by atoms with Crippen molar-refractivity contribution in [3.8, 4) is 206 Å². The number of cyclic esters (lactones) is 2. The Morgan fingerprint density at radius 3 is 1.07 bits per heavy atom. The maximum Gasteiger partial charge on any atom is 0.342 e. The van der Waals surface area contributed by atoms with E-state index >= 15 is 19.2 Å². The van der Waals surface area contributed by atoms with E-state index < -0.39 is 396 Å². The highest BCUT2D eigenvalue weighted by Gasteiger charge is 2.59. The molecular weight excluding hydrogens is 1820 g/mol. The maximum absolute atomic E-state index is 15.7. The molecule has 0 aromatic heterocycles. The molecule has 10 aromatic carbocycles. The van der Waals surface area contributed by atoms with Crippen LogP contribution in [0.3, 0.4) is 0 Å². The lowest BCUT2D eigenvalue weighted by Crippen LogP contribution is -2.63. The molecule has 0 amide bonds. The number of rotatable bonds is 10. The van der Waals surface area contributed by atoms with Gasteiger partial charge in [0.05, 0.1) is 44.5 Å². The van der Waals surface area contributed by atoms with Crippen molar-refractivity contribution in [2.45, 2.75) is 61.4 Å². The molecule has 134 heavy (non-hydrogen) atoms. The summed E-state index contributed by atoms with van der Waals surface area (Å²) in [6.45, 7) is -3.06. The Morgan fingerprint density at radius 1 is 0.284 bits per heavy atom. The summed E-state index contributed by atoms with van der Waals surface area (Å²) in [7, 11) is 0. The summed E-state index contributed by atoms with van der Waals surface area (Å²) in [5.74, 6) is -68.4. The molecule has 2 fully saturated rings. The molecule has 0 aliphatic carbocycles. The van der Waals surface area contributed by atoms with Crippen LogP contribution in [0.2, 0.25) is 0 Å². The molecular formula is C82H56O52. The summed E-state index contributed by atoms with van der Waals surface area (Å²) in [6, 6.07) is 4.48. The number of fused-ring (bicyclic) bond motifs is 12. The van der Waals surface area contributed by atoms with Crippen LogP contribution in [0.5, 0.6) is 184 Å². The van der Waals surface area contributed by atoms with Crippen LogP contribution in [0.25, 0.3) is 22.3 Å². The molecule has 0 unspecified atom stereocenters. The van der Waals surface area contributed by atoms with Crippen LogP contribution in [0.4, 0.5) is 0 Å². The number of aromatic hydroxyl groups is 28. The molecule has 2 saturated heterocycles. The average molecular weight is 1870 g/mol. The summed E-state index contributed by atoms with van der Waals surface area (Å²) >= 11 is 0. The van der Waals surface area contributed by atoms with Gasteiger partial charge in [0.15, 0.2) is 157 Å². The fraction of sp³-hybridized carbons (Fsp3) is 0.146. The van der Waals surface area contributed by atoms with Crippen molar-refractivity contribution in [2.75, 3.05) is 13.2 Å². The monoisotopic (exact) mass is 1870 g/mol. The maximum atomic E-state index is 15.7. The molecule has 696 valence electrons. The third-order valence-electron chi connectivity index (χ3n) is 20.7. The molecule has 10 atom stereocenters. The van der Waals surface area contributed by atoms with E-state index in [0.717, 1.165) is 0 Å². The van der Waals surface area contributed by atoms with Gasteiger partial charge in [-0.2, -0.15) is 0 Å². The van der Waals surface area contributed by atoms with Crippen LogP contribution in [-0.2, 0) is 56.8 Å². The number of carbonyl (C=O) groups excluding carboxylic acids is 10. The van der Waals surface area contributed by atoms with Gasteiger partial charge in [0, 0.05) is 34.4 Å². The van der Waals surface area contributed by atoms with Crippen molar-refractivity contribution in [1.29, 1.82) is 0 Å². The molecule has 2 bridgehead atoms. The van der Waals surface area contributed by atoms with Gasteiger partial charge in [-0.25, -0.2) is 47.9 Å². The van der Waals surface area contributed by atoms with Crippen LogP contribution in [0.15, 0.2) is 84.9 Å². The van der Waals surface area contributed by atoms with Crippen LogP contribution >= 0.6 is 0 Å². The largest absolute Gasteiger partial charge is 0.504 e. The molecule has 5 heterocycles. The number of esters is 10. The summed E-state index contributed by atoms with van der Waals surface area (Å²) in [6.07, 6.45) is -28.7. The fourth-order valence-electron chi connectivity index (χ4n) is 14.2. The SMILES string of the molecule is O=C(O[C@@H]1O[C@@H]2COC(=O)c3cc(O)c(O)c(O)c3-c3c(cc(O)c(O)c3O)C(=O)O[C@H]2[C@H](OC(=O)c2cc(O)c(O)c(O)c2)[C@H]1OC(=O)c1cc(O)c(O)c(O)c1Oc1cc2c(c(O)c1O)Oc1cc(cc(O)c1O)C(=O)O[C@@H]1O[C@@H]3COC(=O)c4cc(O)c(O)c(O)c4-c4c(cc(O)c(O)c4O)C(=O)O[C@H]3[C@H](OC(=O)c3cc(O)c(O)c(O)c3)[C@H]1OC2=O)c1cc(O)c(O)c(O)c1. The summed E-state index contributed by atoms with van der Waals surface area (Å²) in [4.78, 5) is 149. The molecule has 0 radical (unpaired) electrons. The number of carbonyl (C=O) groups is 10.